The monoisotopic (exact) mass is 156 g/mol. The van der Waals surface area contributed by atoms with Crippen LogP contribution in [0.5, 0.6) is 0 Å². The van der Waals surface area contributed by atoms with Gasteiger partial charge in [0.2, 0.25) is 5.91 Å². The van der Waals surface area contributed by atoms with Gasteiger partial charge in [0.1, 0.15) is 0 Å². The zero-order chi connectivity index (χ0) is 8.48. The van der Waals surface area contributed by atoms with E-state index in [2.05, 4.69) is 6.92 Å². The van der Waals surface area contributed by atoms with Gasteiger partial charge in [-0.3, -0.25) is 4.79 Å². The average molecular weight is 156 g/mol. The number of hydrogen-bond donors (Lipinski definition) is 1. The summed E-state index contributed by atoms with van der Waals surface area (Å²) in [7, 11) is 0. The molecule has 1 aliphatic heterocycles. The Morgan fingerprint density at radius 1 is 1.64 bits per heavy atom. The first-order valence-corrected chi connectivity index (χ1v) is 4.12. The first-order chi connectivity index (χ1) is 5.07. The molecule has 1 heterocycles. The van der Waals surface area contributed by atoms with Crippen LogP contribution in [0.4, 0.5) is 0 Å². The molecule has 1 amide bonds. The predicted octanol–water partition coefficient (Wildman–Crippen LogP) is 0.346. The molecule has 0 aliphatic carbocycles. The highest BCUT2D eigenvalue weighted by Crippen LogP contribution is 2.22. The maximum absolute atomic E-state index is 10.8. The summed E-state index contributed by atoms with van der Waals surface area (Å²) >= 11 is 0. The molecule has 2 N–H and O–H groups in total. The van der Waals surface area contributed by atoms with Gasteiger partial charge in [-0.05, 0) is 6.42 Å². The Labute approximate surface area is 67.5 Å². The van der Waals surface area contributed by atoms with Gasteiger partial charge in [-0.15, -0.1) is 0 Å². The number of hydrogen-bond acceptors (Lipinski definition) is 2. The van der Waals surface area contributed by atoms with Crippen LogP contribution in [0.3, 0.4) is 0 Å². The van der Waals surface area contributed by atoms with Crippen molar-refractivity contribution in [1.82, 2.24) is 4.90 Å². The number of amides is 1. The van der Waals surface area contributed by atoms with E-state index >= 15 is 0 Å². The van der Waals surface area contributed by atoms with Crippen molar-refractivity contribution in [3.63, 3.8) is 0 Å². The molecule has 3 nitrogen and oxygen atoms in total. The summed E-state index contributed by atoms with van der Waals surface area (Å²) in [4.78, 5) is 12.6. The fraction of sp³-hybridized carbons (Fsp3) is 0.875. The molecular formula is C8H16N2O. The van der Waals surface area contributed by atoms with Crippen molar-refractivity contribution in [3.8, 4) is 0 Å². The number of rotatable bonds is 2. The van der Waals surface area contributed by atoms with Crippen molar-refractivity contribution in [1.29, 1.82) is 0 Å². The first-order valence-electron chi connectivity index (χ1n) is 4.12. The van der Waals surface area contributed by atoms with Gasteiger partial charge in [0.25, 0.3) is 0 Å². The van der Waals surface area contributed by atoms with Crippen LogP contribution >= 0.6 is 0 Å². The van der Waals surface area contributed by atoms with Crippen molar-refractivity contribution in [2.24, 2.45) is 5.73 Å². The number of carbonyl (C=O) groups is 1. The fourth-order valence-corrected chi connectivity index (χ4v) is 1.59. The Kier molecular flexibility index (Phi) is 2.18. The van der Waals surface area contributed by atoms with Gasteiger partial charge in [-0.2, -0.15) is 0 Å². The summed E-state index contributed by atoms with van der Waals surface area (Å²) in [6, 6.07) is 0. The molecule has 1 aliphatic rings. The molecule has 11 heavy (non-hydrogen) atoms. The number of carbonyl (C=O) groups excluding carboxylic acids is 1. The summed E-state index contributed by atoms with van der Waals surface area (Å²) in [6.45, 7) is 5.20. The third-order valence-corrected chi connectivity index (χ3v) is 2.20. The van der Waals surface area contributed by atoms with Crippen LogP contribution in [0.15, 0.2) is 0 Å². The minimum Gasteiger partial charge on any atom is -0.339 e. The van der Waals surface area contributed by atoms with Crippen molar-refractivity contribution < 1.29 is 4.79 Å². The normalized spacial score (nSPS) is 21.2. The maximum atomic E-state index is 10.8. The van der Waals surface area contributed by atoms with Gasteiger partial charge >= 0.3 is 0 Å². The molecule has 64 valence electrons. The summed E-state index contributed by atoms with van der Waals surface area (Å²) in [5.74, 6) is 0.141. The molecule has 1 rings (SSSR count). The van der Waals surface area contributed by atoms with E-state index < -0.39 is 0 Å². The zero-order valence-electron chi connectivity index (χ0n) is 7.26. The SMILES string of the molecule is CCCC1(N)CN(C(C)=O)C1. The summed E-state index contributed by atoms with van der Waals surface area (Å²) in [6.07, 6.45) is 2.12. The lowest BCUT2D eigenvalue weighted by atomic mass is 9.86. The van der Waals surface area contributed by atoms with E-state index in [0.717, 1.165) is 25.9 Å². The van der Waals surface area contributed by atoms with Gasteiger partial charge in [0.15, 0.2) is 0 Å². The van der Waals surface area contributed by atoms with Crippen molar-refractivity contribution in [2.45, 2.75) is 32.2 Å². The van der Waals surface area contributed by atoms with Gasteiger partial charge in [-0.1, -0.05) is 13.3 Å². The van der Waals surface area contributed by atoms with Gasteiger partial charge < -0.3 is 10.6 Å². The van der Waals surface area contributed by atoms with Crippen LogP contribution in [0.25, 0.3) is 0 Å². The third-order valence-electron chi connectivity index (χ3n) is 2.20. The molecule has 0 unspecified atom stereocenters. The van der Waals surface area contributed by atoms with Crippen LogP contribution in [0.2, 0.25) is 0 Å². The van der Waals surface area contributed by atoms with E-state index in [1.165, 1.54) is 0 Å². The molecule has 0 aromatic carbocycles. The summed E-state index contributed by atoms with van der Waals surface area (Å²) < 4.78 is 0. The average Bonchev–Trinajstić information content (AvgIpc) is 1.82. The van der Waals surface area contributed by atoms with E-state index in [0.29, 0.717) is 0 Å². The third kappa shape index (κ3) is 1.71. The van der Waals surface area contributed by atoms with Crippen LogP contribution < -0.4 is 5.73 Å². The molecule has 0 bridgehead atoms. The standard InChI is InChI=1S/C8H16N2O/c1-3-4-8(9)5-10(6-8)7(2)11/h3-6,9H2,1-2H3. The lowest BCUT2D eigenvalue weighted by Crippen LogP contribution is -2.68. The smallest absolute Gasteiger partial charge is 0.219 e. The Balaban J connectivity index is 2.31. The Morgan fingerprint density at radius 3 is 2.55 bits per heavy atom. The second kappa shape index (κ2) is 2.81. The summed E-state index contributed by atoms with van der Waals surface area (Å²) in [5.41, 5.74) is 5.88. The molecule has 0 aromatic heterocycles. The lowest BCUT2D eigenvalue weighted by molar-refractivity contribution is -0.136. The van der Waals surface area contributed by atoms with Gasteiger partial charge in [0, 0.05) is 20.0 Å². The van der Waals surface area contributed by atoms with Crippen LogP contribution in [-0.2, 0) is 4.79 Å². The highest BCUT2D eigenvalue weighted by atomic mass is 16.2. The molecule has 3 heteroatoms. The number of likely N-dealkylation sites (tertiary alicyclic amines) is 1. The van der Waals surface area contributed by atoms with E-state index in [1.54, 1.807) is 11.8 Å². The molecule has 0 spiro atoms. The minimum absolute atomic E-state index is 0.0690. The van der Waals surface area contributed by atoms with Gasteiger partial charge in [0.05, 0.1) is 5.54 Å². The van der Waals surface area contributed by atoms with Crippen LogP contribution in [-0.4, -0.2) is 29.4 Å². The molecule has 0 radical (unpaired) electrons. The predicted molar refractivity (Wildman–Crippen MR) is 44.1 cm³/mol. The quantitative estimate of drug-likeness (QED) is 0.627. The van der Waals surface area contributed by atoms with E-state index in [1.807, 2.05) is 0 Å². The Bertz CT molecular complexity index is 161. The van der Waals surface area contributed by atoms with E-state index in [9.17, 15) is 4.79 Å². The van der Waals surface area contributed by atoms with Crippen LogP contribution in [0, 0.1) is 0 Å². The second-order valence-electron chi connectivity index (χ2n) is 3.49. The zero-order valence-corrected chi connectivity index (χ0v) is 7.26. The largest absolute Gasteiger partial charge is 0.339 e. The molecule has 0 atom stereocenters. The highest BCUT2D eigenvalue weighted by Gasteiger charge is 2.39. The van der Waals surface area contributed by atoms with Crippen molar-refractivity contribution in [2.75, 3.05) is 13.1 Å². The fourth-order valence-electron chi connectivity index (χ4n) is 1.59. The molecule has 1 fully saturated rings. The molecule has 1 saturated heterocycles. The Morgan fingerprint density at radius 2 is 2.18 bits per heavy atom. The first kappa shape index (κ1) is 8.53. The highest BCUT2D eigenvalue weighted by molar-refractivity contribution is 5.74. The molecular weight excluding hydrogens is 140 g/mol. The second-order valence-corrected chi connectivity index (χ2v) is 3.49. The lowest BCUT2D eigenvalue weighted by Gasteiger charge is -2.47. The minimum atomic E-state index is -0.0690. The number of nitrogens with two attached hydrogens (primary N) is 1. The molecule has 0 saturated carbocycles. The Hall–Kier alpha value is -0.570. The van der Waals surface area contributed by atoms with E-state index in [-0.39, 0.29) is 11.4 Å². The summed E-state index contributed by atoms with van der Waals surface area (Å²) in [5, 5.41) is 0. The van der Waals surface area contributed by atoms with Crippen molar-refractivity contribution >= 4 is 5.91 Å². The number of nitrogens with zero attached hydrogens (tertiary/aromatic N) is 1. The van der Waals surface area contributed by atoms with Crippen molar-refractivity contribution in [3.05, 3.63) is 0 Å². The topological polar surface area (TPSA) is 46.3 Å². The molecule has 0 aromatic rings. The van der Waals surface area contributed by atoms with Gasteiger partial charge in [-0.25, -0.2) is 0 Å². The van der Waals surface area contributed by atoms with Crippen LogP contribution in [0.1, 0.15) is 26.7 Å². The van der Waals surface area contributed by atoms with E-state index in [4.69, 9.17) is 5.73 Å². The maximum Gasteiger partial charge on any atom is 0.219 e.